The summed E-state index contributed by atoms with van der Waals surface area (Å²) in [6.45, 7) is 2.45. The van der Waals surface area contributed by atoms with Gasteiger partial charge in [0.1, 0.15) is 5.82 Å². The Morgan fingerprint density at radius 3 is 2.57 bits per heavy atom. The van der Waals surface area contributed by atoms with Crippen molar-refractivity contribution < 1.29 is 9.18 Å². The Bertz CT molecular complexity index is 1180. The Balaban J connectivity index is 1.62. The van der Waals surface area contributed by atoms with E-state index in [1.807, 2.05) is 25.2 Å². The van der Waals surface area contributed by atoms with E-state index in [2.05, 4.69) is 53.3 Å². The Morgan fingerprint density at radius 1 is 1.03 bits per heavy atom. The number of aryl methyl sites for hydroxylation is 2. The molecule has 0 radical (unpaired) electrons. The van der Waals surface area contributed by atoms with Gasteiger partial charge in [-0.15, -0.1) is 0 Å². The van der Waals surface area contributed by atoms with Gasteiger partial charge in [0.05, 0.1) is 0 Å². The first-order valence-corrected chi connectivity index (χ1v) is 10.1. The van der Waals surface area contributed by atoms with Gasteiger partial charge in [0.25, 0.3) is 0 Å². The van der Waals surface area contributed by atoms with Gasteiger partial charge in [-0.1, -0.05) is 60.2 Å². The molecule has 1 unspecified atom stereocenters. The zero-order valence-corrected chi connectivity index (χ0v) is 17.2. The Labute approximate surface area is 176 Å². The van der Waals surface area contributed by atoms with E-state index in [9.17, 15) is 9.18 Å². The zero-order chi connectivity index (χ0) is 21.1. The van der Waals surface area contributed by atoms with E-state index >= 15 is 0 Å². The monoisotopic (exact) mass is 400 g/mol. The number of aromatic nitrogens is 1. The molecule has 152 valence electrons. The summed E-state index contributed by atoms with van der Waals surface area (Å²) in [6, 6.07) is 22.8. The molecule has 3 aromatic carbocycles. The number of benzene rings is 3. The summed E-state index contributed by atoms with van der Waals surface area (Å²) < 4.78 is 15.2. The highest BCUT2D eigenvalue weighted by atomic mass is 19.1. The predicted molar refractivity (Wildman–Crippen MR) is 119 cm³/mol. The lowest BCUT2D eigenvalue weighted by Gasteiger charge is -2.18. The largest absolute Gasteiger partial charge is 0.352 e. The topological polar surface area (TPSA) is 34.0 Å². The fraction of sp³-hybridized carbons (Fsp3) is 0.192. The molecule has 0 bridgehead atoms. The first-order valence-electron chi connectivity index (χ1n) is 10.1. The van der Waals surface area contributed by atoms with E-state index in [0.29, 0.717) is 13.0 Å². The number of nitrogens with one attached hydrogen (secondary N) is 1. The minimum Gasteiger partial charge on any atom is -0.352 e. The van der Waals surface area contributed by atoms with Crippen LogP contribution in [0, 0.1) is 12.7 Å². The van der Waals surface area contributed by atoms with Gasteiger partial charge in [0, 0.05) is 43.0 Å². The van der Waals surface area contributed by atoms with Crippen molar-refractivity contribution in [1.82, 2.24) is 9.88 Å². The molecule has 4 rings (SSSR count). The fourth-order valence-corrected chi connectivity index (χ4v) is 4.01. The van der Waals surface area contributed by atoms with Crippen molar-refractivity contribution in [2.45, 2.75) is 25.8 Å². The molecule has 30 heavy (non-hydrogen) atoms. The molecule has 0 spiro atoms. The van der Waals surface area contributed by atoms with Gasteiger partial charge >= 0.3 is 0 Å². The lowest BCUT2D eigenvalue weighted by atomic mass is 9.87. The molecule has 0 fully saturated rings. The van der Waals surface area contributed by atoms with Crippen LogP contribution in [0.5, 0.6) is 0 Å². The molecule has 0 saturated heterocycles. The first-order chi connectivity index (χ1) is 14.5. The van der Waals surface area contributed by atoms with Crippen molar-refractivity contribution in [3.63, 3.8) is 0 Å². The molecule has 1 atom stereocenters. The van der Waals surface area contributed by atoms with Crippen molar-refractivity contribution in [2.24, 2.45) is 7.05 Å². The van der Waals surface area contributed by atoms with Gasteiger partial charge in [-0.05, 0) is 41.8 Å². The molecular formula is C26H25FN2O. The average molecular weight is 400 g/mol. The minimum absolute atomic E-state index is 0.0289. The molecule has 4 heteroatoms. The van der Waals surface area contributed by atoms with E-state index in [1.165, 1.54) is 17.7 Å². The molecule has 0 aliphatic heterocycles. The molecule has 3 nitrogen and oxygen atoms in total. The van der Waals surface area contributed by atoms with Crippen molar-refractivity contribution in [3.8, 4) is 0 Å². The van der Waals surface area contributed by atoms with Gasteiger partial charge in [-0.3, -0.25) is 4.79 Å². The highest BCUT2D eigenvalue weighted by Crippen LogP contribution is 2.34. The summed E-state index contributed by atoms with van der Waals surface area (Å²) in [5.74, 6) is -0.358. The van der Waals surface area contributed by atoms with Crippen LogP contribution in [0.25, 0.3) is 10.9 Å². The smallest absolute Gasteiger partial charge is 0.221 e. The van der Waals surface area contributed by atoms with Gasteiger partial charge in [-0.25, -0.2) is 4.39 Å². The maximum atomic E-state index is 13.1. The molecule has 4 aromatic rings. The summed E-state index contributed by atoms with van der Waals surface area (Å²) in [5, 5.41) is 4.15. The molecule has 1 N–H and O–H groups in total. The third kappa shape index (κ3) is 4.28. The lowest BCUT2D eigenvalue weighted by Crippen LogP contribution is -2.25. The van der Waals surface area contributed by atoms with E-state index in [0.717, 1.165) is 27.6 Å². The molecule has 1 aromatic heterocycles. The number of fused-ring (bicyclic) bond motifs is 1. The molecular weight excluding hydrogens is 375 g/mol. The highest BCUT2D eigenvalue weighted by Gasteiger charge is 2.22. The lowest BCUT2D eigenvalue weighted by molar-refractivity contribution is -0.121. The second-order valence-electron chi connectivity index (χ2n) is 7.79. The van der Waals surface area contributed by atoms with Crippen molar-refractivity contribution >= 4 is 16.8 Å². The minimum atomic E-state index is -0.277. The van der Waals surface area contributed by atoms with Crippen LogP contribution in [0.1, 0.15) is 34.6 Å². The normalized spacial score (nSPS) is 12.1. The van der Waals surface area contributed by atoms with Crippen LogP contribution in [0.4, 0.5) is 4.39 Å². The number of hydrogen-bond acceptors (Lipinski definition) is 1. The summed E-state index contributed by atoms with van der Waals surface area (Å²) >= 11 is 0. The number of carbonyl (C=O) groups is 1. The number of halogens is 1. The number of amides is 1. The molecule has 1 amide bonds. The maximum Gasteiger partial charge on any atom is 0.221 e. The van der Waals surface area contributed by atoms with E-state index in [1.54, 1.807) is 12.1 Å². The Kier molecular flexibility index (Phi) is 5.66. The van der Waals surface area contributed by atoms with Crippen LogP contribution in [0.3, 0.4) is 0 Å². The molecule has 0 saturated carbocycles. The second kappa shape index (κ2) is 8.54. The van der Waals surface area contributed by atoms with Gasteiger partial charge < -0.3 is 9.88 Å². The fourth-order valence-electron chi connectivity index (χ4n) is 4.01. The van der Waals surface area contributed by atoms with Gasteiger partial charge in [-0.2, -0.15) is 0 Å². The summed E-state index contributed by atoms with van der Waals surface area (Å²) in [6.07, 6.45) is 2.48. The maximum absolute atomic E-state index is 13.1. The van der Waals surface area contributed by atoms with Crippen molar-refractivity contribution in [3.05, 3.63) is 107 Å². The van der Waals surface area contributed by atoms with Gasteiger partial charge in [0.2, 0.25) is 5.91 Å². The van der Waals surface area contributed by atoms with Crippen LogP contribution in [0.2, 0.25) is 0 Å². The quantitative estimate of drug-likeness (QED) is 0.458. The average Bonchev–Trinajstić information content (AvgIpc) is 3.08. The molecule has 0 aliphatic rings. The second-order valence-corrected chi connectivity index (χ2v) is 7.79. The number of hydrogen-bond donors (Lipinski definition) is 1. The third-order valence-electron chi connectivity index (χ3n) is 5.54. The van der Waals surface area contributed by atoms with Crippen LogP contribution in [-0.4, -0.2) is 10.5 Å². The van der Waals surface area contributed by atoms with Crippen LogP contribution < -0.4 is 5.32 Å². The van der Waals surface area contributed by atoms with Crippen LogP contribution in [0.15, 0.2) is 79.0 Å². The van der Waals surface area contributed by atoms with E-state index in [-0.39, 0.29) is 17.6 Å². The Morgan fingerprint density at radius 2 is 1.80 bits per heavy atom. The third-order valence-corrected chi connectivity index (χ3v) is 5.54. The summed E-state index contributed by atoms with van der Waals surface area (Å²) in [4.78, 5) is 12.9. The van der Waals surface area contributed by atoms with Crippen LogP contribution >= 0.6 is 0 Å². The number of para-hydroxylation sites is 1. The van der Waals surface area contributed by atoms with Crippen molar-refractivity contribution in [1.29, 1.82) is 0 Å². The SMILES string of the molecule is Cc1cccc(C(CC(=O)NCc2ccc(F)cc2)c2cn(C)c3ccccc23)c1. The van der Waals surface area contributed by atoms with E-state index in [4.69, 9.17) is 0 Å². The first kappa shape index (κ1) is 19.9. The number of carbonyl (C=O) groups excluding carboxylic acids is 1. The summed E-state index contributed by atoms with van der Waals surface area (Å²) in [7, 11) is 2.04. The number of nitrogens with zero attached hydrogens (tertiary/aromatic N) is 1. The number of rotatable bonds is 6. The van der Waals surface area contributed by atoms with Crippen molar-refractivity contribution in [2.75, 3.05) is 0 Å². The van der Waals surface area contributed by atoms with Crippen LogP contribution in [-0.2, 0) is 18.4 Å². The standard InChI is InChI=1S/C26H25FN2O/c1-18-6-5-7-20(14-18)23(24-17-29(2)25-9-4-3-8-22(24)25)15-26(30)28-16-19-10-12-21(27)13-11-19/h3-14,17,23H,15-16H2,1-2H3,(H,28,30). The van der Waals surface area contributed by atoms with Gasteiger partial charge in [0.15, 0.2) is 0 Å². The Hall–Kier alpha value is -3.40. The van der Waals surface area contributed by atoms with E-state index < -0.39 is 0 Å². The molecule has 0 aliphatic carbocycles. The molecule has 1 heterocycles. The predicted octanol–water partition coefficient (Wildman–Crippen LogP) is 5.46. The zero-order valence-electron chi connectivity index (χ0n) is 17.2. The summed E-state index contributed by atoms with van der Waals surface area (Å²) in [5.41, 5.74) is 5.47. The highest BCUT2D eigenvalue weighted by molar-refractivity contribution is 5.86.